The highest BCUT2D eigenvalue weighted by Gasteiger charge is 2.18. The van der Waals surface area contributed by atoms with Crippen LogP contribution >= 0.6 is 0 Å². The third kappa shape index (κ3) is 3.67. The van der Waals surface area contributed by atoms with Crippen LogP contribution in [-0.4, -0.2) is 15.9 Å². The number of ether oxygens (including phenoxy) is 1. The summed E-state index contributed by atoms with van der Waals surface area (Å²) in [7, 11) is 0. The Bertz CT molecular complexity index is 1040. The van der Waals surface area contributed by atoms with Gasteiger partial charge in [0.2, 0.25) is 0 Å². The molecule has 0 saturated carbocycles. The number of amides is 1. The molecule has 4 aromatic rings. The van der Waals surface area contributed by atoms with Gasteiger partial charge in [-0.25, -0.2) is 4.98 Å². The normalized spacial score (nSPS) is 11.9. The zero-order valence-electron chi connectivity index (χ0n) is 14.8. The number of benzene rings is 3. The molecular formula is C22H19N3O2. The van der Waals surface area contributed by atoms with E-state index in [1.54, 1.807) is 12.1 Å². The summed E-state index contributed by atoms with van der Waals surface area (Å²) < 4.78 is 5.88. The zero-order valence-corrected chi connectivity index (χ0v) is 14.8. The molecule has 3 aromatic carbocycles. The van der Waals surface area contributed by atoms with Crippen molar-refractivity contribution in [1.29, 1.82) is 0 Å². The van der Waals surface area contributed by atoms with Crippen LogP contribution in [0.3, 0.4) is 0 Å². The number of aromatic amines is 1. The van der Waals surface area contributed by atoms with Crippen molar-refractivity contribution < 1.29 is 9.53 Å². The number of rotatable bonds is 5. The Morgan fingerprint density at radius 1 is 0.963 bits per heavy atom. The van der Waals surface area contributed by atoms with Crippen molar-refractivity contribution in [2.75, 3.05) is 0 Å². The molecule has 0 fully saturated rings. The van der Waals surface area contributed by atoms with Crippen LogP contribution in [0.4, 0.5) is 0 Å². The lowest BCUT2D eigenvalue weighted by atomic mass is 10.1. The molecule has 1 atom stereocenters. The molecule has 0 radical (unpaired) electrons. The van der Waals surface area contributed by atoms with Crippen LogP contribution in [0.2, 0.25) is 0 Å². The van der Waals surface area contributed by atoms with Gasteiger partial charge in [0.1, 0.15) is 17.3 Å². The molecule has 5 heteroatoms. The first-order valence-electron chi connectivity index (χ1n) is 8.78. The number of para-hydroxylation sites is 4. The van der Waals surface area contributed by atoms with Gasteiger partial charge in [0.15, 0.2) is 0 Å². The first-order valence-corrected chi connectivity index (χ1v) is 8.78. The Kier molecular flexibility index (Phi) is 4.58. The highest BCUT2D eigenvalue weighted by atomic mass is 16.5. The summed E-state index contributed by atoms with van der Waals surface area (Å²) >= 11 is 0. The van der Waals surface area contributed by atoms with Crippen molar-refractivity contribution in [2.45, 2.75) is 13.0 Å². The van der Waals surface area contributed by atoms with E-state index in [1.165, 1.54) is 0 Å². The Hall–Kier alpha value is -3.60. The third-order valence-corrected chi connectivity index (χ3v) is 4.27. The molecule has 27 heavy (non-hydrogen) atoms. The minimum atomic E-state index is -0.269. The van der Waals surface area contributed by atoms with Gasteiger partial charge in [-0.05, 0) is 43.3 Å². The minimum Gasteiger partial charge on any atom is -0.457 e. The summed E-state index contributed by atoms with van der Waals surface area (Å²) in [4.78, 5) is 20.6. The van der Waals surface area contributed by atoms with Crippen LogP contribution in [0.15, 0.2) is 78.9 Å². The first-order chi connectivity index (χ1) is 13.2. The van der Waals surface area contributed by atoms with Crippen LogP contribution in [0.25, 0.3) is 11.0 Å². The molecule has 4 rings (SSSR count). The van der Waals surface area contributed by atoms with Gasteiger partial charge in [-0.1, -0.05) is 42.5 Å². The predicted octanol–water partition coefficient (Wildman–Crippen LogP) is 4.85. The Balaban J connectivity index is 1.54. The zero-order chi connectivity index (χ0) is 18.6. The molecule has 1 amide bonds. The smallest absolute Gasteiger partial charge is 0.255 e. The quantitative estimate of drug-likeness (QED) is 0.537. The van der Waals surface area contributed by atoms with Crippen LogP contribution in [0, 0.1) is 0 Å². The van der Waals surface area contributed by atoms with E-state index in [-0.39, 0.29) is 11.9 Å². The van der Waals surface area contributed by atoms with E-state index in [4.69, 9.17) is 4.74 Å². The van der Waals surface area contributed by atoms with Crippen molar-refractivity contribution >= 4 is 16.9 Å². The number of hydrogen-bond donors (Lipinski definition) is 2. The van der Waals surface area contributed by atoms with Gasteiger partial charge in [-0.15, -0.1) is 0 Å². The van der Waals surface area contributed by atoms with Gasteiger partial charge in [0.25, 0.3) is 5.91 Å². The number of imidazole rings is 1. The van der Waals surface area contributed by atoms with E-state index < -0.39 is 0 Å². The van der Waals surface area contributed by atoms with E-state index in [1.807, 2.05) is 73.7 Å². The fourth-order valence-electron chi connectivity index (χ4n) is 2.88. The summed E-state index contributed by atoms with van der Waals surface area (Å²) in [6.07, 6.45) is 0. The maximum Gasteiger partial charge on any atom is 0.255 e. The lowest BCUT2D eigenvalue weighted by Crippen LogP contribution is -2.27. The molecule has 1 heterocycles. The van der Waals surface area contributed by atoms with Crippen molar-refractivity contribution in [3.05, 3.63) is 90.3 Å². The second-order valence-corrected chi connectivity index (χ2v) is 6.25. The van der Waals surface area contributed by atoms with Gasteiger partial charge in [-0.2, -0.15) is 0 Å². The van der Waals surface area contributed by atoms with Crippen LogP contribution < -0.4 is 10.1 Å². The van der Waals surface area contributed by atoms with Crippen LogP contribution in [0.1, 0.15) is 29.1 Å². The van der Waals surface area contributed by atoms with Crippen molar-refractivity contribution in [3.63, 3.8) is 0 Å². The fraction of sp³-hybridized carbons (Fsp3) is 0.0909. The third-order valence-electron chi connectivity index (χ3n) is 4.27. The molecule has 134 valence electrons. The highest BCUT2D eigenvalue weighted by molar-refractivity contribution is 5.97. The Morgan fingerprint density at radius 2 is 1.67 bits per heavy atom. The molecule has 0 saturated heterocycles. The fourth-order valence-corrected chi connectivity index (χ4v) is 2.88. The number of fused-ring (bicyclic) bond motifs is 1. The van der Waals surface area contributed by atoms with E-state index in [9.17, 15) is 4.79 Å². The predicted molar refractivity (Wildman–Crippen MR) is 105 cm³/mol. The number of nitrogens with one attached hydrogen (secondary N) is 2. The molecule has 1 aromatic heterocycles. The van der Waals surface area contributed by atoms with Crippen LogP contribution in [0.5, 0.6) is 11.5 Å². The summed E-state index contributed by atoms with van der Waals surface area (Å²) in [5, 5.41) is 2.99. The summed E-state index contributed by atoms with van der Waals surface area (Å²) in [5.74, 6) is 1.70. The minimum absolute atomic E-state index is 0.213. The first kappa shape index (κ1) is 16.8. The summed E-state index contributed by atoms with van der Waals surface area (Å²) in [6, 6.07) is 24.1. The largest absolute Gasteiger partial charge is 0.457 e. The van der Waals surface area contributed by atoms with Gasteiger partial charge < -0.3 is 15.0 Å². The van der Waals surface area contributed by atoms with Gasteiger partial charge in [0.05, 0.1) is 22.6 Å². The lowest BCUT2D eigenvalue weighted by Gasteiger charge is -2.14. The molecular weight excluding hydrogens is 338 g/mol. The number of carbonyl (C=O) groups is 1. The summed E-state index contributed by atoms with van der Waals surface area (Å²) in [5.41, 5.74) is 2.30. The van der Waals surface area contributed by atoms with Gasteiger partial charge >= 0.3 is 0 Å². The van der Waals surface area contributed by atoms with Crippen LogP contribution in [-0.2, 0) is 0 Å². The van der Waals surface area contributed by atoms with E-state index in [2.05, 4.69) is 15.3 Å². The Morgan fingerprint density at radius 3 is 2.48 bits per heavy atom. The number of aromatic nitrogens is 2. The maximum atomic E-state index is 12.8. The molecule has 0 aliphatic carbocycles. The van der Waals surface area contributed by atoms with Crippen molar-refractivity contribution in [2.24, 2.45) is 0 Å². The highest BCUT2D eigenvalue weighted by Crippen LogP contribution is 2.25. The van der Waals surface area contributed by atoms with Crippen molar-refractivity contribution in [3.8, 4) is 11.5 Å². The molecule has 0 aliphatic heterocycles. The second kappa shape index (κ2) is 7.33. The standard InChI is InChI=1S/C22H19N3O2/c1-15(21-24-18-12-6-7-13-19(18)25-21)23-22(26)17-11-5-8-14-20(17)27-16-9-3-2-4-10-16/h2-15H,1H3,(H,23,26)(H,24,25). The molecule has 0 aliphatic rings. The van der Waals surface area contributed by atoms with E-state index >= 15 is 0 Å². The maximum absolute atomic E-state index is 12.8. The topological polar surface area (TPSA) is 67.0 Å². The van der Waals surface area contributed by atoms with E-state index in [0.717, 1.165) is 11.0 Å². The summed E-state index contributed by atoms with van der Waals surface area (Å²) in [6.45, 7) is 1.90. The SMILES string of the molecule is CC(NC(=O)c1ccccc1Oc1ccccc1)c1nc2ccccc2[nH]1. The molecule has 0 spiro atoms. The Labute approximate surface area is 157 Å². The monoisotopic (exact) mass is 357 g/mol. The van der Waals surface area contributed by atoms with Crippen molar-refractivity contribution in [1.82, 2.24) is 15.3 Å². The second-order valence-electron chi connectivity index (χ2n) is 6.25. The van der Waals surface area contributed by atoms with Gasteiger partial charge in [0, 0.05) is 0 Å². The number of nitrogens with zero attached hydrogens (tertiary/aromatic N) is 1. The number of hydrogen-bond acceptors (Lipinski definition) is 3. The lowest BCUT2D eigenvalue weighted by molar-refractivity contribution is 0.0936. The number of H-pyrrole nitrogens is 1. The number of carbonyl (C=O) groups excluding carboxylic acids is 1. The van der Waals surface area contributed by atoms with E-state index in [0.29, 0.717) is 22.9 Å². The average molecular weight is 357 g/mol. The molecule has 0 bridgehead atoms. The molecule has 5 nitrogen and oxygen atoms in total. The average Bonchev–Trinajstić information content (AvgIpc) is 3.13. The van der Waals surface area contributed by atoms with Gasteiger partial charge in [-0.3, -0.25) is 4.79 Å². The molecule has 2 N–H and O–H groups in total. The molecule has 1 unspecified atom stereocenters.